The molecule has 0 aliphatic carbocycles. The number of aromatic nitrogens is 2. The van der Waals surface area contributed by atoms with E-state index < -0.39 is 0 Å². The molecule has 3 nitrogen and oxygen atoms in total. The zero-order chi connectivity index (χ0) is 12.1. The molecule has 0 saturated heterocycles. The van der Waals surface area contributed by atoms with E-state index in [1.807, 2.05) is 30.6 Å². The summed E-state index contributed by atoms with van der Waals surface area (Å²) in [5, 5.41) is 0.766. The van der Waals surface area contributed by atoms with Gasteiger partial charge in [0.15, 0.2) is 0 Å². The zero-order valence-electron chi connectivity index (χ0n) is 9.64. The summed E-state index contributed by atoms with van der Waals surface area (Å²) in [4.78, 5) is 4.37. The third-order valence-corrected chi connectivity index (χ3v) is 2.89. The summed E-state index contributed by atoms with van der Waals surface area (Å²) < 4.78 is 2.15. The van der Waals surface area contributed by atoms with Crippen LogP contribution in [-0.4, -0.2) is 16.1 Å². The van der Waals surface area contributed by atoms with E-state index in [1.54, 1.807) is 0 Å². The number of hydrogen-bond donors (Lipinski definition) is 1. The van der Waals surface area contributed by atoms with Crippen LogP contribution in [0.15, 0.2) is 36.7 Å². The van der Waals surface area contributed by atoms with E-state index in [1.165, 1.54) is 5.56 Å². The Bertz CT molecular complexity index is 479. The number of hydrogen-bond acceptors (Lipinski definition) is 2. The first-order valence-corrected chi connectivity index (χ1v) is 6.12. The van der Waals surface area contributed by atoms with Crippen LogP contribution in [0, 0.1) is 0 Å². The molecule has 0 aliphatic heterocycles. The second-order valence-corrected chi connectivity index (χ2v) is 4.42. The molecular formula is C13H16ClN3. The Labute approximate surface area is 106 Å². The lowest BCUT2D eigenvalue weighted by Gasteiger charge is -2.07. The molecule has 0 amide bonds. The molecule has 0 aliphatic rings. The Morgan fingerprint density at radius 2 is 2.24 bits per heavy atom. The van der Waals surface area contributed by atoms with Crippen molar-refractivity contribution in [1.29, 1.82) is 0 Å². The maximum atomic E-state index is 5.96. The third-order valence-electron chi connectivity index (χ3n) is 2.66. The Kier molecular flexibility index (Phi) is 4.18. The molecule has 1 aromatic heterocycles. The molecule has 0 fully saturated rings. The van der Waals surface area contributed by atoms with Gasteiger partial charge in [0.05, 0.1) is 0 Å². The Balaban J connectivity index is 2.10. The molecule has 1 aromatic carbocycles. The van der Waals surface area contributed by atoms with Crippen LogP contribution in [0.3, 0.4) is 0 Å². The van der Waals surface area contributed by atoms with Crippen LogP contribution in [0.2, 0.25) is 5.02 Å². The summed E-state index contributed by atoms with van der Waals surface area (Å²) in [5.41, 5.74) is 6.69. The van der Waals surface area contributed by atoms with E-state index in [2.05, 4.69) is 15.6 Å². The molecule has 2 N–H and O–H groups in total. The fourth-order valence-electron chi connectivity index (χ4n) is 1.80. The highest BCUT2D eigenvalue weighted by Crippen LogP contribution is 2.14. The molecule has 2 aromatic rings. The van der Waals surface area contributed by atoms with Crippen molar-refractivity contribution in [2.45, 2.75) is 19.4 Å². The molecule has 0 saturated carbocycles. The lowest BCUT2D eigenvalue weighted by Crippen LogP contribution is -2.08. The van der Waals surface area contributed by atoms with Crippen molar-refractivity contribution >= 4 is 11.6 Å². The van der Waals surface area contributed by atoms with Crippen molar-refractivity contribution in [3.05, 3.63) is 53.1 Å². The average Bonchev–Trinajstić information content (AvgIpc) is 2.74. The van der Waals surface area contributed by atoms with Gasteiger partial charge in [-0.2, -0.15) is 0 Å². The van der Waals surface area contributed by atoms with E-state index in [0.717, 1.165) is 30.2 Å². The first-order valence-electron chi connectivity index (χ1n) is 5.74. The monoisotopic (exact) mass is 249 g/mol. The van der Waals surface area contributed by atoms with E-state index in [4.69, 9.17) is 17.3 Å². The number of aryl methyl sites for hydroxylation is 1. The van der Waals surface area contributed by atoms with Crippen molar-refractivity contribution < 1.29 is 0 Å². The number of rotatable bonds is 5. The van der Waals surface area contributed by atoms with Gasteiger partial charge in [0, 0.05) is 30.4 Å². The van der Waals surface area contributed by atoms with Crippen molar-refractivity contribution in [3.63, 3.8) is 0 Å². The van der Waals surface area contributed by atoms with Gasteiger partial charge >= 0.3 is 0 Å². The lowest BCUT2D eigenvalue weighted by molar-refractivity contribution is 0.624. The second-order valence-electron chi connectivity index (χ2n) is 3.99. The van der Waals surface area contributed by atoms with Crippen LogP contribution >= 0.6 is 11.6 Å². The Morgan fingerprint density at radius 1 is 1.35 bits per heavy atom. The first-order chi connectivity index (χ1) is 8.29. The largest absolute Gasteiger partial charge is 0.335 e. The average molecular weight is 250 g/mol. The highest BCUT2D eigenvalue weighted by Gasteiger charge is 2.04. The van der Waals surface area contributed by atoms with Gasteiger partial charge in [-0.15, -0.1) is 0 Å². The minimum atomic E-state index is 0.703. The van der Waals surface area contributed by atoms with Crippen molar-refractivity contribution in [2.24, 2.45) is 5.73 Å². The van der Waals surface area contributed by atoms with Crippen molar-refractivity contribution in [2.75, 3.05) is 6.54 Å². The van der Waals surface area contributed by atoms with Gasteiger partial charge < -0.3 is 10.3 Å². The summed E-state index contributed by atoms with van der Waals surface area (Å²) in [5.74, 6) is 1.06. The number of imidazole rings is 1. The molecule has 0 bridgehead atoms. The molecule has 0 radical (unpaired) electrons. The molecule has 90 valence electrons. The summed E-state index contributed by atoms with van der Waals surface area (Å²) in [6, 6.07) is 7.88. The van der Waals surface area contributed by atoms with Gasteiger partial charge in [-0.25, -0.2) is 4.98 Å². The van der Waals surface area contributed by atoms with Crippen LogP contribution in [0.25, 0.3) is 0 Å². The summed E-state index contributed by atoms with van der Waals surface area (Å²) in [6.45, 7) is 1.63. The summed E-state index contributed by atoms with van der Waals surface area (Å²) >= 11 is 5.96. The number of benzene rings is 1. The standard InChI is InChI=1S/C13H16ClN3/c14-12-4-1-3-11(9-12)10-13-16-6-8-17(13)7-2-5-15/h1,3-4,6,8-9H,2,5,7,10,15H2. The number of halogens is 1. The van der Waals surface area contributed by atoms with Crippen LogP contribution in [0.5, 0.6) is 0 Å². The zero-order valence-corrected chi connectivity index (χ0v) is 10.4. The fraction of sp³-hybridized carbons (Fsp3) is 0.308. The van der Waals surface area contributed by atoms with E-state index in [9.17, 15) is 0 Å². The van der Waals surface area contributed by atoms with E-state index in [-0.39, 0.29) is 0 Å². The fourth-order valence-corrected chi connectivity index (χ4v) is 2.01. The molecule has 4 heteroatoms. The Morgan fingerprint density at radius 3 is 3.00 bits per heavy atom. The molecule has 2 rings (SSSR count). The minimum Gasteiger partial charge on any atom is -0.335 e. The predicted octanol–water partition coefficient (Wildman–Crippen LogP) is 2.48. The SMILES string of the molecule is NCCCn1ccnc1Cc1cccc(Cl)c1. The second kappa shape index (κ2) is 5.84. The molecule has 0 unspecified atom stereocenters. The quantitative estimate of drug-likeness (QED) is 0.885. The van der Waals surface area contributed by atoms with E-state index in [0.29, 0.717) is 6.54 Å². The van der Waals surface area contributed by atoms with Gasteiger partial charge in [0.2, 0.25) is 0 Å². The lowest BCUT2D eigenvalue weighted by atomic mass is 10.1. The first kappa shape index (κ1) is 12.1. The van der Waals surface area contributed by atoms with Gasteiger partial charge in [0.1, 0.15) is 5.82 Å². The van der Waals surface area contributed by atoms with Gasteiger partial charge in [0.25, 0.3) is 0 Å². The van der Waals surface area contributed by atoms with Crippen LogP contribution < -0.4 is 5.73 Å². The summed E-state index contributed by atoms with van der Waals surface area (Å²) in [6.07, 6.45) is 5.60. The van der Waals surface area contributed by atoms with Gasteiger partial charge in [-0.1, -0.05) is 23.7 Å². The maximum absolute atomic E-state index is 5.96. The number of nitrogens with zero attached hydrogens (tertiary/aromatic N) is 2. The topological polar surface area (TPSA) is 43.8 Å². The highest BCUT2D eigenvalue weighted by molar-refractivity contribution is 6.30. The smallest absolute Gasteiger partial charge is 0.113 e. The molecule has 1 heterocycles. The van der Waals surface area contributed by atoms with Crippen molar-refractivity contribution in [3.8, 4) is 0 Å². The van der Waals surface area contributed by atoms with Gasteiger partial charge in [-0.3, -0.25) is 0 Å². The molecule has 0 atom stereocenters. The molecule has 17 heavy (non-hydrogen) atoms. The Hall–Kier alpha value is -1.32. The maximum Gasteiger partial charge on any atom is 0.113 e. The molecular weight excluding hydrogens is 234 g/mol. The van der Waals surface area contributed by atoms with Crippen LogP contribution in [0.4, 0.5) is 0 Å². The van der Waals surface area contributed by atoms with E-state index >= 15 is 0 Å². The number of nitrogens with two attached hydrogens (primary N) is 1. The van der Waals surface area contributed by atoms with Crippen LogP contribution in [-0.2, 0) is 13.0 Å². The van der Waals surface area contributed by atoms with Crippen LogP contribution in [0.1, 0.15) is 17.8 Å². The predicted molar refractivity (Wildman–Crippen MR) is 70.2 cm³/mol. The van der Waals surface area contributed by atoms with Gasteiger partial charge in [-0.05, 0) is 30.7 Å². The third kappa shape index (κ3) is 3.32. The highest BCUT2D eigenvalue weighted by atomic mass is 35.5. The summed E-state index contributed by atoms with van der Waals surface area (Å²) in [7, 11) is 0. The van der Waals surface area contributed by atoms with Crippen molar-refractivity contribution in [1.82, 2.24) is 9.55 Å². The minimum absolute atomic E-state index is 0.703. The normalized spacial score (nSPS) is 10.7. The molecule has 0 spiro atoms.